The van der Waals surface area contributed by atoms with Gasteiger partial charge in [0.1, 0.15) is 0 Å². The van der Waals surface area contributed by atoms with Crippen molar-refractivity contribution in [2.24, 2.45) is 5.73 Å². The van der Waals surface area contributed by atoms with Gasteiger partial charge in [0.05, 0.1) is 0 Å². The Morgan fingerprint density at radius 2 is 2.44 bits per heavy atom. The lowest BCUT2D eigenvalue weighted by Crippen LogP contribution is -1.75. The third-order valence-electron chi connectivity index (χ3n) is 1.17. The van der Waals surface area contributed by atoms with Crippen LogP contribution >= 0.6 is 11.3 Å². The Labute approximate surface area is 58.8 Å². The van der Waals surface area contributed by atoms with Crippen LogP contribution in [0, 0.1) is 6.92 Å². The van der Waals surface area contributed by atoms with Crippen molar-refractivity contribution in [3.05, 3.63) is 28.1 Å². The molecule has 0 unspecified atom stereocenters. The molecule has 0 saturated carbocycles. The van der Waals surface area contributed by atoms with Crippen LogP contribution in [0.15, 0.2) is 17.6 Å². The summed E-state index contributed by atoms with van der Waals surface area (Å²) in [6.07, 6.45) is 3.47. The lowest BCUT2D eigenvalue weighted by atomic mass is 10.3. The van der Waals surface area contributed by atoms with Crippen LogP contribution in [-0.2, 0) is 0 Å². The Hall–Kier alpha value is -0.760. The molecule has 0 aliphatic rings. The average Bonchev–Trinajstić information content (AvgIpc) is 2.18. The average molecular weight is 139 g/mol. The predicted molar refractivity (Wildman–Crippen MR) is 42.3 cm³/mol. The highest BCUT2D eigenvalue weighted by Gasteiger charge is 1.91. The molecule has 1 nitrogen and oxygen atoms in total. The van der Waals surface area contributed by atoms with Gasteiger partial charge in [-0.25, -0.2) is 0 Å². The first kappa shape index (κ1) is 6.36. The molecule has 0 aromatic carbocycles. The van der Waals surface area contributed by atoms with Crippen LogP contribution in [-0.4, -0.2) is 0 Å². The van der Waals surface area contributed by atoms with Gasteiger partial charge in [0, 0.05) is 4.88 Å². The minimum absolute atomic E-state index is 1.22. The topological polar surface area (TPSA) is 26.0 Å². The molecule has 0 aliphatic carbocycles. The summed E-state index contributed by atoms with van der Waals surface area (Å²) in [5.74, 6) is 0. The summed E-state index contributed by atoms with van der Waals surface area (Å²) in [7, 11) is 0. The molecular weight excluding hydrogens is 130 g/mol. The molecule has 1 aromatic rings. The molecule has 9 heavy (non-hydrogen) atoms. The molecule has 0 radical (unpaired) electrons. The number of thiophene rings is 1. The van der Waals surface area contributed by atoms with Gasteiger partial charge in [-0.2, -0.15) is 0 Å². The Morgan fingerprint density at radius 1 is 1.67 bits per heavy atom. The van der Waals surface area contributed by atoms with Gasteiger partial charge in [0.25, 0.3) is 0 Å². The summed E-state index contributed by atoms with van der Waals surface area (Å²) in [6.45, 7) is 2.08. The molecular formula is C7H9NS. The molecule has 0 aliphatic heterocycles. The van der Waals surface area contributed by atoms with Crippen molar-refractivity contribution in [3.63, 3.8) is 0 Å². The third kappa shape index (κ3) is 1.33. The lowest BCUT2D eigenvalue weighted by Gasteiger charge is -1.84. The molecule has 0 spiro atoms. The zero-order valence-corrected chi connectivity index (χ0v) is 6.11. The van der Waals surface area contributed by atoms with Crippen molar-refractivity contribution in [2.75, 3.05) is 0 Å². The van der Waals surface area contributed by atoms with Gasteiger partial charge < -0.3 is 5.73 Å². The molecule has 0 bridgehead atoms. The van der Waals surface area contributed by atoms with E-state index in [-0.39, 0.29) is 0 Å². The Balaban J connectivity index is 2.94. The van der Waals surface area contributed by atoms with Crippen molar-refractivity contribution in [3.8, 4) is 0 Å². The zero-order chi connectivity index (χ0) is 6.69. The van der Waals surface area contributed by atoms with Crippen molar-refractivity contribution in [1.82, 2.24) is 0 Å². The minimum Gasteiger partial charge on any atom is -0.405 e. The monoisotopic (exact) mass is 139 g/mol. The van der Waals surface area contributed by atoms with Crippen LogP contribution in [0.25, 0.3) is 6.08 Å². The lowest BCUT2D eigenvalue weighted by molar-refractivity contribution is 1.57. The summed E-state index contributed by atoms with van der Waals surface area (Å²) in [6, 6.07) is 2.06. The van der Waals surface area contributed by atoms with Crippen LogP contribution < -0.4 is 5.73 Å². The van der Waals surface area contributed by atoms with Gasteiger partial charge in [-0.05, 0) is 36.2 Å². The van der Waals surface area contributed by atoms with E-state index in [9.17, 15) is 0 Å². The van der Waals surface area contributed by atoms with Gasteiger partial charge in [0.15, 0.2) is 0 Å². The molecule has 0 fully saturated rings. The smallest absolute Gasteiger partial charge is 0.00870 e. The molecule has 48 valence electrons. The Bertz CT molecular complexity index is 212. The normalized spacial score (nSPS) is 10.8. The highest BCUT2D eigenvalue weighted by atomic mass is 32.1. The number of hydrogen-bond donors (Lipinski definition) is 1. The second-order valence-corrected chi connectivity index (χ2v) is 2.91. The fourth-order valence-corrected chi connectivity index (χ4v) is 1.36. The van der Waals surface area contributed by atoms with Crippen molar-refractivity contribution in [2.45, 2.75) is 6.92 Å². The maximum atomic E-state index is 5.21. The van der Waals surface area contributed by atoms with Gasteiger partial charge >= 0.3 is 0 Å². The van der Waals surface area contributed by atoms with E-state index in [0.29, 0.717) is 0 Å². The molecule has 1 heterocycles. The summed E-state index contributed by atoms with van der Waals surface area (Å²) in [5, 5.41) is 2.06. The van der Waals surface area contributed by atoms with Crippen LogP contribution in [0.1, 0.15) is 10.4 Å². The van der Waals surface area contributed by atoms with Gasteiger partial charge in [-0.15, -0.1) is 11.3 Å². The van der Waals surface area contributed by atoms with Crippen LogP contribution in [0.4, 0.5) is 0 Å². The van der Waals surface area contributed by atoms with E-state index < -0.39 is 0 Å². The van der Waals surface area contributed by atoms with Crippen molar-refractivity contribution >= 4 is 17.4 Å². The van der Waals surface area contributed by atoms with Gasteiger partial charge in [-0.3, -0.25) is 0 Å². The highest BCUT2D eigenvalue weighted by molar-refractivity contribution is 7.10. The first-order valence-corrected chi connectivity index (χ1v) is 3.65. The second kappa shape index (κ2) is 2.69. The van der Waals surface area contributed by atoms with Crippen molar-refractivity contribution < 1.29 is 0 Å². The summed E-state index contributed by atoms with van der Waals surface area (Å²) >= 11 is 1.74. The van der Waals surface area contributed by atoms with Crippen molar-refractivity contribution in [1.29, 1.82) is 0 Å². The van der Waals surface area contributed by atoms with E-state index in [0.717, 1.165) is 0 Å². The number of aryl methyl sites for hydroxylation is 1. The highest BCUT2D eigenvalue weighted by Crippen LogP contribution is 2.15. The third-order valence-corrected chi connectivity index (χ3v) is 2.04. The summed E-state index contributed by atoms with van der Waals surface area (Å²) < 4.78 is 0. The largest absolute Gasteiger partial charge is 0.405 e. The fraction of sp³-hybridized carbons (Fsp3) is 0.143. The maximum absolute atomic E-state index is 5.21. The molecule has 1 aromatic heterocycles. The van der Waals surface area contributed by atoms with Crippen LogP contribution in [0.5, 0.6) is 0 Å². The van der Waals surface area contributed by atoms with E-state index in [4.69, 9.17) is 5.73 Å². The minimum atomic E-state index is 1.22. The zero-order valence-electron chi connectivity index (χ0n) is 5.29. The Kier molecular flexibility index (Phi) is 1.90. The van der Waals surface area contributed by atoms with Crippen LogP contribution in [0.3, 0.4) is 0 Å². The number of nitrogens with two attached hydrogens (primary N) is 1. The molecule has 0 amide bonds. The van der Waals surface area contributed by atoms with E-state index in [1.165, 1.54) is 10.4 Å². The Morgan fingerprint density at radius 3 is 2.89 bits per heavy atom. The quantitative estimate of drug-likeness (QED) is 0.632. The van der Waals surface area contributed by atoms with E-state index in [1.54, 1.807) is 17.5 Å². The molecule has 1 rings (SSSR count). The summed E-state index contributed by atoms with van der Waals surface area (Å²) in [4.78, 5) is 1.32. The number of rotatable bonds is 1. The first-order chi connectivity index (χ1) is 4.34. The second-order valence-electron chi connectivity index (χ2n) is 1.79. The molecule has 2 N–H and O–H groups in total. The fourth-order valence-electron chi connectivity index (χ4n) is 0.671. The van der Waals surface area contributed by atoms with Crippen LogP contribution in [0.2, 0.25) is 0 Å². The van der Waals surface area contributed by atoms with E-state index in [1.807, 2.05) is 6.08 Å². The molecule has 2 heteroatoms. The van der Waals surface area contributed by atoms with E-state index in [2.05, 4.69) is 18.4 Å². The number of hydrogen-bond acceptors (Lipinski definition) is 2. The molecule has 0 atom stereocenters. The SMILES string of the molecule is Cc1sccc1/C=C\N. The van der Waals surface area contributed by atoms with Gasteiger partial charge in [0.2, 0.25) is 0 Å². The summed E-state index contributed by atoms with van der Waals surface area (Å²) in [5.41, 5.74) is 6.44. The van der Waals surface area contributed by atoms with E-state index >= 15 is 0 Å². The predicted octanol–water partition coefficient (Wildman–Crippen LogP) is 1.99. The first-order valence-electron chi connectivity index (χ1n) is 2.77. The van der Waals surface area contributed by atoms with Gasteiger partial charge in [-0.1, -0.05) is 0 Å². The molecule has 0 saturated heterocycles. The standard InChI is InChI=1S/C7H9NS/c1-6-7(2-4-8)3-5-9-6/h2-5H,8H2,1H3/b4-2-. The maximum Gasteiger partial charge on any atom is 0.00870 e.